The molecular weight excluding hydrogens is 528 g/mol. The van der Waals surface area contributed by atoms with Gasteiger partial charge < -0.3 is 25.5 Å². The zero-order valence-corrected chi connectivity index (χ0v) is 26.3. The van der Waals surface area contributed by atoms with Crippen LogP contribution in [-0.2, 0) is 17.6 Å². The van der Waals surface area contributed by atoms with Crippen LogP contribution < -0.4 is 0 Å². The zero-order valence-electron chi connectivity index (χ0n) is 26.3. The van der Waals surface area contributed by atoms with E-state index in [1.807, 2.05) is 6.08 Å². The van der Waals surface area contributed by atoms with Crippen LogP contribution in [0.3, 0.4) is 0 Å². The Morgan fingerprint density at radius 3 is 2.52 bits per heavy atom. The number of hydrogen-bond donors (Lipinski definition) is 5. The van der Waals surface area contributed by atoms with Crippen molar-refractivity contribution in [2.75, 3.05) is 13.2 Å². The van der Waals surface area contributed by atoms with Gasteiger partial charge in [-0.1, -0.05) is 88.3 Å². The van der Waals surface area contributed by atoms with Gasteiger partial charge in [0.2, 0.25) is 0 Å². The molecule has 6 nitrogen and oxygen atoms in total. The monoisotopic (exact) mass is 586 g/mol. The van der Waals surface area contributed by atoms with Crippen LogP contribution in [0.2, 0.25) is 0 Å². The van der Waals surface area contributed by atoms with Crippen LogP contribution in [-0.4, -0.2) is 56.9 Å². The Bertz CT molecular complexity index is 968. The van der Waals surface area contributed by atoms with Gasteiger partial charge in [0.25, 0.3) is 0 Å². The number of aliphatic carboxylic acids is 1. The van der Waals surface area contributed by atoms with Crippen molar-refractivity contribution in [2.24, 2.45) is 5.92 Å². The molecule has 0 fully saturated rings. The van der Waals surface area contributed by atoms with Gasteiger partial charge in [-0.3, -0.25) is 4.79 Å². The van der Waals surface area contributed by atoms with Crippen molar-refractivity contribution >= 4 is 5.97 Å². The number of carboxylic acid groups (broad SMARTS) is 1. The first-order valence-corrected chi connectivity index (χ1v) is 16.6. The first kappa shape index (κ1) is 36.2. The molecule has 2 rings (SSSR count). The lowest BCUT2D eigenvalue weighted by Gasteiger charge is -2.27. The average molecular weight is 587 g/mol. The molecule has 0 bridgehead atoms. The van der Waals surface area contributed by atoms with Crippen LogP contribution in [0.1, 0.15) is 133 Å². The Morgan fingerprint density at radius 2 is 1.81 bits per heavy atom. The fourth-order valence-corrected chi connectivity index (χ4v) is 6.41. The van der Waals surface area contributed by atoms with E-state index in [1.54, 1.807) is 0 Å². The molecule has 42 heavy (non-hydrogen) atoms. The van der Waals surface area contributed by atoms with Gasteiger partial charge in [0.1, 0.15) is 0 Å². The van der Waals surface area contributed by atoms with Gasteiger partial charge >= 0.3 is 5.97 Å². The first-order valence-electron chi connectivity index (χ1n) is 16.6. The first-order chi connectivity index (χ1) is 20.3. The van der Waals surface area contributed by atoms with Crippen molar-refractivity contribution in [2.45, 2.75) is 141 Å². The predicted molar refractivity (Wildman–Crippen MR) is 171 cm³/mol. The lowest BCUT2D eigenvalue weighted by atomic mass is 9.79. The third kappa shape index (κ3) is 13.5. The van der Waals surface area contributed by atoms with Gasteiger partial charge in [-0.25, -0.2) is 0 Å². The lowest BCUT2D eigenvalue weighted by Crippen LogP contribution is -2.17. The largest absolute Gasteiger partial charge is 0.481 e. The predicted octanol–water partition coefficient (Wildman–Crippen LogP) is 7.02. The van der Waals surface area contributed by atoms with Crippen molar-refractivity contribution < 1.29 is 30.3 Å². The van der Waals surface area contributed by atoms with Crippen molar-refractivity contribution in [3.8, 4) is 0 Å². The van der Waals surface area contributed by atoms with Crippen molar-refractivity contribution in [1.82, 2.24) is 0 Å². The molecule has 0 saturated heterocycles. The fourth-order valence-electron chi connectivity index (χ4n) is 6.41. The number of aryl methyl sites for hydroxylation is 1. The molecule has 1 aliphatic carbocycles. The van der Waals surface area contributed by atoms with E-state index < -0.39 is 18.2 Å². The topological polar surface area (TPSA) is 118 Å². The molecule has 238 valence electrons. The van der Waals surface area contributed by atoms with E-state index in [-0.39, 0.29) is 19.6 Å². The molecule has 0 saturated carbocycles. The number of carboxylic acids is 1. The second-order valence-electron chi connectivity index (χ2n) is 12.4. The second-order valence-corrected chi connectivity index (χ2v) is 12.4. The number of aliphatic hydroxyl groups is 4. The third-order valence-corrected chi connectivity index (χ3v) is 8.91. The molecule has 1 aromatic carbocycles. The number of rotatable bonds is 19. The van der Waals surface area contributed by atoms with E-state index in [1.165, 1.54) is 22.3 Å². The molecule has 0 heterocycles. The number of carbonyl (C=O) groups is 1. The lowest BCUT2D eigenvalue weighted by molar-refractivity contribution is -0.137. The van der Waals surface area contributed by atoms with E-state index in [2.05, 4.69) is 38.1 Å². The number of hydrogen-bond acceptors (Lipinski definition) is 5. The minimum absolute atomic E-state index is 0.205. The van der Waals surface area contributed by atoms with Gasteiger partial charge in [0.15, 0.2) is 0 Å². The SMILES string of the molecule is CCCCC[C@H](O)C=CC1=C(C[C@H](O)CO)C[C@H](CCCCCC(=O)O)CCc2c(cccc2[C@H](C)CCCO)CC1. The summed E-state index contributed by atoms with van der Waals surface area (Å²) in [5.41, 5.74) is 6.48. The summed E-state index contributed by atoms with van der Waals surface area (Å²) in [4.78, 5) is 11.0. The molecule has 0 aromatic heterocycles. The van der Waals surface area contributed by atoms with Crippen molar-refractivity contribution in [3.05, 3.63) is 58.2 Å². The van der Waals surface area contributed by atoms with E-state index in [9.17, 15) is 25.2 Å². The van der Waals surface area contributed by atoms with E-state index >= 15 is 0 Å². The summed E-state index contributed by atoms with van der Waals surface area (Å²) >= 11 is 0. The summed E-state index contributed by atoms with van der Waals surface area (Å²) in [6, 6.07) is 6.64. The summed E-state index contributed by atoms with van der Waals surface area (Å²) in [5, 5.41) is 49.4. The number of unbranched alkanes of at least 4 members (excludes halogenated alkanes) is 4. The maximum absolute atomic E-state index is 11.0. The number of aliphatic hydroxyl groups excluding tert-OH is 4. The third-order valence-electron chi connectivity index (χ3n) is 8.91. The summed E-state index contributed by atoms with van der Waals surface area (Å²) in [6.45, 7) is 4.34. The molecule has 0 aliphatic heterocycles. The maximum atomic E-state index is 11.0. The highest BCUT2D eigenvalue weighted by atomic mass is 16.4. The summed E-state index contributed by atoms with van der Waals surface area (Å²) < 4.78 is 0. The minimum atomic E-state index is -0.816. The zero-order chi connectivity index (χ0) is 30.7. The molecule has 5 N–H and O–H groups in total. The van der Waals surface area contributed by atoms with Crippen molar-refractivity contribution in [3.63, 3.8) is 0 Å². The van der Waals surface area contributed by atoms with Crippen LogP contribution in [0.25, 0.3) is 0 Å². The average Bonchev–Trinajstić information content (AvgIpc) is 2.97. The molecule has 0 amide bonds. The molecule has 0 spiro atoms. The molecule has 0 unspecified atom stereocenters. The molecule has 1 aromatic rings. The van der Waals surface area contributed by atoms with E-state index in [0.29, 0.717) is 24.7 Å². The maximum Gasteiger partial charge on any atom is 0.303 e. The second kappa shape index (κ2) is 20.8. The standard InChI is InChI=1S/C36H58O6/c1-3-4-6-14-32(39)21-20-29-18-19-30-13-9-15-34(27(2)11-10-23-37)35(30)22-17-28(12-7-5-8-16-36(41)42)24-31(29)25-33(40)26-38/h9,13,15,20-21,27-28,32-33,37-40H,3-8,10-12,14,16-19,22-26H2,1-2H3,(H,41,42)/t27-,28-,32+,33+/m1/s1. The molecular formula is C36H58O6. The van der Waals surface area contributed by atoms with Crippen molar-refractivity contribution in [1.29, 1.82) is 0 Å². The molecule has 0 radical (unpaired) electrons. The van der Waals surface area contributed by atoms with Crippen LogP contribution in [0.15, 0.2) is 41.5 Å². The summed E-state index contributed by atoms with van der Waals surface area (Å²) in [5.74, 6) is -0.00188. The summed E-state index contributed by atoms with van der Waals surface area (Å²) in [7, 11) is 0. The highest BCUT2D eigenvalue weighted by molar-refractivity contribution is 5.66. The molecule has 6 heteroatoms. The van der Waals surface area contributed by atoms with Crippen LogP contribution >= 0.6 is 0 Å². The normalized spacial score (nSPS) is 18.6. The Kier molecular flexibility index (Phi) is 18.0. The van der Waals surface area contributed by atoms with Crippen LogP contribution in [0.4, 0.5) is 0 Å². The van der Waals surface area contributed by atoms with Crippen LogP contribution in [0, 0.1) is 5.92 Å². The van der Waals surface area contributed by atoms with E-state index in [0.717, 1.165) is 95.5 Å². The fraction of sp³-hybridized carbons (Fsp3) is 0.694. The summed E-state index contributed by atoms with van der Waals surface area (Å²) in [6.07, 6.45) is 17.0. The highest BCUT2D eigenvalue weighted by Gasteiger charge is 2.22. The van der Waals surface area contributed by atoms with Gasteiger partial charge in [0.05, 0.1) is 18.8 Å². The van der Waals surface area contributed by atoms with E-state index in [4.69, 9.17) is 5.11 Å². The van der Waals surface area contributed by atoms with Gasteiger partial charge in [-0.05, 0) is 98.3 Å². The van der Waals surface area contributed by atoms with Gasteiger partial charge in [0, 0.05) is 13.0 Å². The molecule has 1 aliphatic rings. The van der Waals surface area contributed by atoms with Gasteiger partial charge in [-0.15, -0.1) is 0 Å². The molecule has 4 atom stereocenters. The van der Waals surface area contributed by atoms with Gasteiger partial charge in [-0.2, -0.15) is 0 Å². The number of allylic oxidation sites excluding steroid dienone is 2. The minimum Gasteiger partial charge on any atom is -0.481 e. The Labute approximate surface area is 254 Å². The smallest absolute Gasteiger partial charge is 0.303 e. The Balaban J connectivity index is 2.43. The number of benzene rings is 1. The van der Waals surface area contributed by atoms with Crippen LogP contribution in [0.5, 0.6) is 0 Å². The Hall–Kier alpha value is -1.99. The number of fused-ring (bicyclic) bond motifs is 1. The highest BCUT2D eigenvalue weighted by Crippen LogP contribution is 2.35. The Morgan fingerprint density at radius 1 is 1.00 bits per heavy atom. The quantitative estimate of drug-likeness (QED) is 0.111.